The van der Waals surface area contributed by atoms with Crippen molar-refractivity contribution in [2.45, 2.75) is 25.9 Å². The number of rotatable bonds is 4. The van der Waals surface area contributed by atoms with E-state index < -0.39 is 0 Å². The van der Waals surface area contributed by atoms with E-state index in [1.807, 2.05) is 6.07 Å². The lowest BCUT2D eigenvalue weighted by Crippen LogP contribution is -2.46. The summed E-state index contributed by atoms with van der Waals surface area (Å²) in [6, 6.07) is 4.09. The van der Waals surface area contributed by atoms with Gasteiger partial charge in [-0.1, -0.05) is 13.3 Å². The summed E-state index contributed by atoms with van der Waals surface area (Å²) in [5.74, 6) is 0.923. The zero-order valence-corrected chi connectivity index (χ0v) is 10.3. The molecule has 5 heteroatoms. The molecule has 1 saturated heterocycles. The number of hydrogen-bond acceptors (Lipinski definition) is 5. The highest BCUT2D eigenvalue weighted by Crippen LogP contribution is 2.14. The molecule has 5 nitrogen and oxygen atoms in total. The number of nitrogens with two attached hydrogens (primary N) is 1. The molecule has 0 aromatic carbocycles. The molecule has 1 atom stereocenters. The van der Waals surface area contributed by atoms with E-state index in [-0.39, 0.29) is 6.10 Å². The largest absolute Gasteiger partial charge is 0.373 e. The Bertz CT molecular complexity index is 341. The minimum absolute atomic E-state index is 0.112. The minimum atomic E-state index is 0.112. The Hall–Kier alpha value is -1.20. The van der Waals surface area contributed by atoms with Crippen LogP contribution in [-0.2, 0) is 11.2 Å². The van der Waals surface area contributed by atoms with Crippen molar-refractivity contribution in [3.05, 3.63) is 17.8 Å². The molecule has 1 aromatic rings. The molecule has 1 unspecified atom stereocenters. The minimum Gasteiger partial charge on any atom is -0.373 e. The Labute approximate surface area is 102 Å². The van der Waals surface area contributed by atoms with Gasteiger partial charge in [-0.25, -0.2) is 0 Å². The Morgan fingerprint density at radius 2 is 2.35 bits per heavy atom. The van der Waals surface area contributed by atoms with E-state index in [4.69, 9.17) is 10.5 Å². The maximum atomic E-state index is 5.62. The van der Waals surface area contributed by atoms with E-state index in [1.165, 1.54) is 0 Å². The van der Waals surface area contributed by atoms with Crippen LogP contribution in [0.3, 0.4) is 0 Å². The quantitative estimate of drug-likeness (QED) is 0.829. The van der Waals surface area contributed by atoms with Gasteiger partial charge in [-0.05, 0) is 18.6 Å². The lowest BCUT2D eigenvalue weighted by Gasteiger charge is -2.32. The highest BCUT2D eigenvalue weighted by molar-refractivity contribution is 5.38. The van der Waals surface area contributed by atoms with Crippen LogP contribution in [0.1, 0.15) is 19.0 Å². The molecular weight excluding hydrogens is 216 g/mol. The molecule has 1 aromatic heterocycles. The summed E-state index contributed by atoms with van der Waals surface area (Å²) in [4.78, 5) is 2.18. The van der Waals surface area contributed by atoms with E-state index in [1.54, 1.807) is 0 Å². The maximum absolute atomic E-state index is 5.62. The first kappa shape index (κ1) is 12.3. The number of morpholine rings is 1. The molecule has 94 valence electrons. The number of ether oxygens (including phenoxy) is 1. The fourth-order valence-electron chi connectivity index (χ4n) is 1.98. The van der Waals surface area contributed by atoms with Crippen LogP contribution in [-0.4, -0.2) is 42.5 Å². The smallest absolute Gasteiger partial charge is 0.151 e. The van der Waals surface area contributed by atoms with Crippen LogP contribution in [0.4, 0.5) is 5.82 Å². The molecule has 1 aliphatic heterocycles. The van der Waals surface area contributed by atoms with Crippen molar-refractivity contribution in [1.29, 1.82) is 0 Å². The van der Waals surface area contributed by atoms with Crippen molar-refractivity contribution >= 4 is 5.82 Å². The Kier molecular flexibility index (Phi) is 4.28. The first-order valence-corrected chi connectivity index (χ1v) is 6.22. The van der Waals surface area contributed by atoms with Crippen LogP contribution >= 0.6 is 0 Å². The van der Waals surface area contributed by atoms with Crippen LogP contribution in [0.15, 0.2) is 12.1 Å². The lowest BCUT2D eigenvalue weighted by atomic mass is 10.2. The molecule has 2 rings (SSSR count). The molecule has 0 radical (unpaired) electrons. The van der Waals surface area contributed by atoms with Crippen LogP contribution in [0.2, 0.25) is 0 Å². The van der Waals surface area contributed by atoms with Crippen LogP contribution in [0.5, 0.6) is 0 Å². The molecule has 0 amide bonds. The van der Waals surface area contributed by atoms with Crippen molar-refractivity contribution in [2.24, 2.45) is 5.73 Å². The number of aryl methyl sites for hydroxylation is 1. The molecule has 0 bridgehead atoms. The van der Waals surface area contributed by atoms with Gasteiger partial charge in [0.25, 0.3) is 0 Å². The van der Waals surface area contributed by atoms with Gasteiger partial charge in [-0.15, -0.1) is 5.10 Å². The predicted molar refractivity (Wildman–Crippen MR) is 67.0 cm³/mol. The summed E-state index contributed by atoms with van der Waals surface area (Å²) >= 11 is 0. The molecule has 1 fully saturated rings. The predicted octanol–water partition coefficient (Wildman–Crippen LogP) is 0.593. The summed E-state index contributed by atoms with van der Waals surface area (Å²) < 4.78 is 5.53. The molecule has 2 N–H and O–H groups in total. The van der Waals surface area contributed by atoms with Gasteiger partial charge >= 0.3 is 0 Å². The van der Waals surface area contributed by atoms with Gasteiger partial charge in [0.05, 0.1) is 18.4 Å². The average molecular weight is 236 g/mol. The van der Waals surface area contributed by atoms with Crippen molar-refractivity contribution in [3.63, 3.8) is 0 Å². The van der Waals surface area contributed by atoms with Gasteiger partial charge in [-0.2, -0.15) is 5.10 Å². The van der Waals surface area contributed by atoms with Gasteiger partial charge in [0.1, 0.15) is 0 Å². The first-order chi connectivity index (χ1) is 8.33. The second-order valence-electron chi connectivity index (χ2n) is 4.31. The normalized spacial score (nSPS) is 20.6. The van der Waals surface area contributed by atoms with E-state index in [0.717, 1.165) is 37.4 Å². The summed E-state index contributed by atoms with van der Waals surface area (Å²) in [6.07, 6.45) is 2.20. The van der Waals surface area contributed by atoms with E-state index in [2.05, 4.69) is 28.1 Å². The molecular formula is C12H20N4O. The van der Waals surface area contributed by atoms with E-state index in [0.29, 0.717) is 13.2 Å². The highest BCUT2D eigenvalue weighted by Gasteiger charge is 2.20. The average Bonchev–Trinajstić information content (AvgIpc) is 2.40. The van der Waals surface area contributed by atoms with Crippen LogP contribution < -0.4 is 10.6 Å². The summed E-state index contributed by atoms with van der Waals surface area (Å²) in [6.45, 7) is 5.07. The SMILES string of the molecule is CCCc1ccc(N2CCOC(CN)C2)nn1. The first-order valence-electron chi connectivity index (χ1n) is 6.22. The monoisotopic (exact) mass is 236 g/mol. The molecule has 0 aliphatic carbocycles. The van der Waals surface area contributed by atoms with Crippen molar-refractivity contribution in [3.8, 4) is 0 Å². The molecule has 0 saturated carbocycles. The van der Waals surface area contributed by atoms with Crippen molar-refractivity contribution < 1.29 is 4.74 Å². The molecule has 1 aliphatic rings. The van der Waals surface area contributed by atoms with Gasteiger partial charge in [0.15, 0.2) is 5.82 Å². The summed E-state index contributed by atoms with van der Waals surface area (Å²) in [5.41, 5.74) is 6.67. The van der Waals surface area contributed by atoms with E-state index >= 15 is 0 Å². The maximum Gasteiger partial charge on any atom is 0.151 e. The number of nitrogens with zero attached hydrogens (tertiary/aromatic N) is 3. The second kappa shape index (κ2) is 5.93. The molecule has 2 heterocycles. The van der Waals surface area contributed by atoms with Crippen molar-refractivity contribution in [1.82, 2.24) is 10.2 Å². The Balaban J connectivity index is 2.01. The van der Waals surface area contributed by atoms with Crippen LogP contribution in [0, 0.1) is 0 Å². The lowest BCUT2D eigenvalue weighted by molar-refractivity contribution is 0.0462. The van der Waals surface area contributed by atoms with E-state index in [9.17, 15) is 0 Å². The zero-order valence-electron chi connectivity index (χ0n) is 10.3. The molecule has 17 heavy (non-hydrogen) atoms. The summed E-state index contributed by atoms with van der Waals surface area (Å²) in [5, 5.41) is 8.50. The fraction of sp³-hybridized carbons (Fsp3) is 0.667. The third-order valence-electron chi connectivity index (χ3n) is 2.94. The number of hydrogen-bond donors (Lipinski definition) is 1. The van der Waals surface area contributed by atoms with Gasteiger partial charge in [0.2, 0.25) is 0 Å². The number of anilines is 1. The third kappa shape index (κ3) is 3.14. The third-order valence-corrected chi connectivity index (χ3v) is 2.94. The Morgan fingerprint density at radius 3 is 3.00 bits per heavy atom. The summed E-state index contributed by atoms with van der Waals surface area (Å²) in [7, 11) is 0. The van der Waals surface area contributed by atoms with Crippen molar-refractivity contribution in [2.75, 3.05) is 31.1 Å². The topological polar surface area (TPSA) is 64.3 Å². The van der Waals surface area contributed by atoms with Gasteiger partial charge in [-0.3, -0.25) is 0 Å². The standard InChI is InChI=1S/C12H20N4O/c1-2-3-10-4-5-12(15-14-10)16-6-7-17-11(8-13)9-16/h4-5,11H,2-3,6-9,13H2,1H3. The zero-order chi connectivity index (χ0) is 12.1. The fourth-order valence-corrected chi connectivity index (χ4v) is 1.98. The Morgan fingerprint density at radius 1 is 1.47 bits per heavy atom. The van der Waals surface area contributed by atoms with Gasteiger partial charge in [0, 0.05) is 19.6 Å². The number of aromatic nitrogens is 2. The second-order valence-corrected chi connectivity index (χ2v) is 4.31. The van der Waals surface area contributed by atoms with Gasteiger partial charge < -0.3 is 15.4 Å². The molecule has 0 spiro atoms. The highest BCUT2D eigenvalue weighted by atomic mass is 16.5. The van der Waals surface area contributed by atoms with Crippen LogP contribution in [0.25, 0.3) is 0 Å².